The molecule has 5 nitrogen and oxygen atoms in total. The highest BCUT2D eigenvalue weighted by molar-refractivity contribution is 6.62. The number of methoxy groups -OCH3 is 1. The molecule has 1 fully saturated rings. The predicted octanol–water partition coefficient (Wildman–Crippen LogP) is 3.26. The van der Waals surface area contributed by atoms with Gasteiger partial charge in [-0.3, -0.25) is 4.68 Å². The molecule has 1 saturated heterocycles. The van der Waals surface area contributed by atoms with E-state index in [4.69, 9.17) is 14.0 Å². The van der Waals surface area contributed by atoms with Gasteiger partial charge in [0.15, 0.2) is 5.69 Å². The van der Waals surface area contributed by atoms with Crippen molar-refractivity contribution in [3.63, 3.8) is 0 Å². The lowest BCUT2D eigenvalue weighted by Gasteiger charge is -2.32. The van der Waals surface area contributed by atoms with E-state index in [9.17, 15) is 13.2 Å². The fourth-order valence-electron chi connectivity index (χ4n) is 2.80. The molecular formula is C18H22BF3N2O3. The molecule has 0 N–H and O–H groups in total. The Morgan fingerprint density at radius 1 is 1.07 bits per heavy atom. The van der Waals surface area contributed by atoms with Gasteiger partial charge in [0.1, 0.15) is 5.75 Å². The first-order valence-corrected chi connectivity index (χ1v) is 8.56. The predicted molar refractivity (Wildman–Crippen MR) is 95.0 cm³/mol. The second kappa shape index (κ2) is 6.56. The van der Waals surface area contributed by atoms with Crippen LogP contribution in [0.25, 0.3) is 0 Å². The van der Waals surface area contributed by atoms with Crippen LogP contribution in [0.5, 0.6) is 5.75 Å². The fraction of sp³-hybridized carbons (Fsp3) is 0.500. The first kappa shape index (κ1) is 19.8. The molecule has 0 unspecified atom stereocenters. The van der Waals surface area contributed by atoms with Crippen molar-refractivity contribution >= 4 is 12.6 Å². The second-order valence-corrected chi connectivity index (χ2v) is 7.56. The van der Waals surface area contributed by atoms with Gasteiger partial charge in [-0.05, 0) is 45.4 Å². The van der Waals surface area contributed by atoms with Crippen LogP contribution >= 0.6 is 0 Å². The largest absolute Gasteiger partial charge is 0.498 e. The van der Waals surface area contributed by atoms with Gasteiger partial charge in [0.05, 0.1) is 24.9 Å². The first-order valence-electron chi connectivity index (χ1n) is 8.56. The molecule has 2 heterocycles. The highest BCUT2D eigenvalue weighted by atomic mass is 19.4. The zero-order valence-corrected chi connectivity index (χ0v) is 15.9. The van der Waals surface area contributed by atoms with Gasteiger partial charge in [0, 0.05) is 11.7 Å². The molecule has 27 heavy (non-hydrogen) atoms. The van der Waals surface area contributed by atoms with Crippen molar-refractivity contribution in [1.29, 1.82) is 0 Å². The van der Waals surface area contributed by atoms with Gasteiger partial charge in [-0.15, -0.1) is 0 Å². The van der Waals surface area contributed by atoms with Gasteiger partial charge in [0.25, 0.3) is 0 Å². The number of ether oxygens (including phenoxy) is 1. The van der Waals surface area contributed by atoms with E-state index in [1.54, 1.807) is 59.1 Å². The van der Waals surface area contributed by atoms with E-state index < -0.39 is 30.2 Å². The summed E-state index contributed by atoms with van der Waals surface area (Å²) in [6.07, 6.45) is -3.26. The maximum atomic E-state index is 13.5. The van der Waals surface area contributed by atoms with E-state index in [2.05, 4.69) is 5.10 Å². The van der Waals surface area contributed by atoms with Crippen molar-refractivity contribution < 1.29 is 27.2 Å². The summed E-state index contributed by atoms with van der Waals surface area (Å²) >= 11 is 0. The third kappa shape index (κ3) is 3.84. The molecule has 0 aliphatic carbocycles. The van der Waals surface area contributed by atoms with Gasteiger partial charge < -0.3 is 14.0 Å². The third-order valence-electron chi connectivity index (χ3n) is 5.07. The molecule has 2 aromatic rings. The molecule has 0 saturated carbocycles. The lowest BCUT2D eigenvalue weighted by molar-refractivity contribution is -0.140. The van der Waals surface area contributed by atoms with Gasteiger partial charge in [-0.25, -0.2) is 0 Å². The molecule has 0 spiro atoms. The summed E-state index contributed by atoms with van der Waals surface area (Å²) in [5.41, 5.74) is -1.78. The molecule has 1 aromatic heterocycles. The summed E-state index contributed by atoms with van der Waals surface area (Å²) in [7, 11) is 0.422. The second-order valence-electron chi connectivity index (χ2n) is 7.56. The van der Waals surface area contributed by atoms with Crippen molar-refractivity contribution in [3.05, 3.63) is 41.7 Å². The Hall–Kier alpha value is -2.00. The number of benzene rings is 1. The van der Waals surface area contributed by atoms with E-state index in [-0.39, 0.29) is 12.0 Å². The normalized spacial score (nSPS) is 18.7. The molecule has 1 aliphatic rings. The molecule has 3 rings (SSSR count). The minimum atomic E-state index is -4.61. The summed E-state index contributed by atoms with van der Waals surface area (Å²) in [6, 6.07) is 7.06. The minimum absolute atomic E-state index is 0.116. The topological polar surface area (TPSA) is 45.5 Å². The maximum Gasteiger partial charge on any atom is 0.498 e. The van der Waals surface area contributed by atoms with Gasteiger partial charge >= 0.3 is 13.3 Å². The zero-order valence-electron chi connectivity index (χ0n) is 15.9. The average molecular weight is 382 g/mol. The fourth-order valence-corrected chi connectivity index (χ4v) is 2.80. The minimum Gasteiger partial charge on any atom is -0.497 e. The van der Waals surface area contributed by atoms with E-state index in [1.807, 2.05) is 0 Å². The van der Waals surface area contributed by atoms with Gasteiger partial charge in [-0.1, -0.05) is 12.1 Å². The Balaban J connectivity index is 1.92. The highest BCUT2D eigenvalue weighted by Gasteiger charge is 2.54. The van der Waals surface area contributed by atoms with Gasteiger partial charge in [-0.2, -0.15) is 18.3 Å². The Morgan fingerprint density at radius 3 is 2.11 bits per heavy atom. The average Bonchev–Trinajstić information content (AvgIpc) is 3.07. The van der Waals surface area contributed by atoms with Crippen molar-refractivity contribution in [3.8, 4) is 5.75 Å². The summed E-state index contributed by atoms with van der Waals surface area (Å²) < 4.78 is 58.5. The Labute approximate surface area is 156 Å². The maximum absolute atomic E-state index is 13.5. The van der Waals surface area contributed by atoms with Crippen LogP contribution in [0.1, 0.15) is 39.0 Å². The standard InChI is InChI=1S/C18H22BF3N2O3/c1-16(2)17(3,4)27-19(26-16)14-11-24(23-15(14)18(20,21)22)10-12-6-8-13(25-5)9-7-12/h6-9,11H,10H2,1-5H3. The Bertz CT molecular complexity index is 800. The Morgan fingerprint density at radius 2 is 1.63 bits per heavy atom. The van der Waals surface area contributed by atoms with Crippen molar-refractivity contribution in [1.82, 2.24) is 9.78 Å². The van der Waals surface area contributed by atoms with Crippen LogP contribution in [0.3, 0.4) is 0 Å². The molecule has 146 valence electrons. The van der Waals surface area contributed by atoms with E-state index in [1.165, 1.54) is 10.9 Å². The summed E-state index contributed by atoms with van der Waals surface area (Å²) in [6.45, 7) is 7.36. The third-order valence-corrected chi connectivity index (χ3v) is 5.07. The molecule has 0 atom stereocenters. The molecule has 1 aliphatic heterocycles. The molecular weight excluding hydrogens is 360 g/mol. The molecule has 0 bridgehead atoms. The molecule has 0 amide bonds. The molecule has 9 heteroatoms. The molecule has 0 radical (unpaired) electrons. The van der Waals surface area contributed by atoms with Crippen LogP contribution < -0.4 is 10.2 Å². The van der Waals surface area contributed by atoms with Crippen LogP contribution in [0.15, 0.2) is 30.5 Å². The number of hydrogen-bond donors (Lipinski definition) is 0. The highest BCUT2D eigenvalue weighted by Crippen LogP contribution is 2.38. The number of halogens is 3. The van der Waals surface area contributed by atoms with Crippen molar-refractivity contribution in [2.24, 2.45) is 0 Å². The summed E-state index contributed by atoms with van der Waals surface area (Å²) in [5, 5.41) is 3.76. The van der Waals surface area contributed by atoms with Crippen LogP contribution in [0, 0.1) is 0 Å². The summed E-state index contributed by atoms with van der Waals surface area (Å²) in [4.78, 5) is 0. The van der Waals surface area contributed by atoms with Crippen molar-refractivity contribution in [2.45, 2.75) is 51.6 Å². The van der Waals surface area contributed by atoms with E-state index >= 15 is 0 Å². The smallest absolute Gasteiger partial charge is 0.497 e. The van der Waals surface area contributed by atoms with Crippen LogP contribution in [0.2, 0.25) is 0 Å². The number of alkyl halides is 3. The number of rotatable bonds is 4. The van der Waals surface area contributed by atoms with Crippen LogP contribution in [-0.2, 0) is 22.0 Å². The Kier molecular flexibility index (Phi) is 4.80. The van der Waals surface area contributed by atoms with E-state index in [0.717, 1.165) is 5.56 Å². The number of hydrogen-bond acceptors (Lipinski definition) is 4. The van der Waals surface area contributed by atoms with Crippen molar-refractivity contribution in [2.75, 3.05) is 7.11 Å². The number of nitrogens with zero attached hydrogens (tertiary/aromatic N) is 2. The lowest BCUT2D eigenvalue weighted by atomic mass is 9.79. The first-order chi connectivity index (χ1) is 12.4. The zero-order chi connectivity index (χ0) is 20.0. The van der Waals surface area contributed by atoms with E-state index in [0.29, 0.717) is 5.75 Å². The summed E-state index contributed by atoms with van der Waals surface area (Å²) in [5.74, 6) is 0.674. The number of aromatic nitrogens is 2. The lowest BCUT2D eigenvalue weighted by Crippen LogP contribution is -2.41. The monoisotopic (exact) mass is 382 g/mol. The van der Waals surface area contributed by atoms with Gasteiger partial charge in [0.2, 0.25) is 0 Å². The van der Waals surface area contributed by atoms with Crippen LogP contribution in [-0.4, -0.2) is 35.2 Å². The molecule has 1 aromatic carbocycles. The SMILES string of the molecule is COc1ccc(Cn2cc(B3OC(C)(C)C(C)(C)O3)c(C(F)(F)F)n2)cc1. The van der Waals surface area contributed by atoms with Crippen LogP contribution in [0.4, 0.5) is 13.2 Å². The quantitative estimate of drug-likeness (QED) is 0.762.